The number of urea groups is 1. The van der Waals surface area contributed by atoms with E-state index >= 15 is 0 Å². The van der Waals surface area contributed by atoms with Crippen molar-refractivity contribution in [1.82, 2.24) is 14.9 Å². The van der Waals surface area contributed by atoms with Crippen LogP contribution in [0.25, 0.3) is 0 Å². The minimum atomic E-state index is -0.130. The molecule has 3 heterocycles. The van der Waals surface area contributed by atoms with Crippen molar-refractivity contribution in [1.29, 1.82) is 0 Å². The lowest BCUT2D eigenvalue weighted by Crippen LogP contribution is -2.36. The molecule has 0 bridgehead atoms. The number of aromatic nitrogens is 2. The number of carbonyl (C=O) groups is 1. The lowest BCUT2D eigenvalue weighted by Gasteiger charge is -2.23. The normalized spacial score (nSPS) is 17.8. The number of rotatable bonds is 3. The van der Waals surface area contributed by atoms with E-state index in [0.717, 1.165) is 30.9 Å². The Morgan fingerprint density at radius 3 is 3.37 bits per heavy atom. The van der Waals surface area contributed by atoms with Crippen LogP contribution >= 0.6 is 11.3 Å². The summed E-state index contributed by atoms with van der Waals surface area (Å²) in [6.07, 6.45) is 5.92. The Labute approximate surface area is 115 Å². The molecule has 0 aromatic carbocycles. The van der Waals surface area contributed by atoms with Crippen LogP contribution in [-0.2, 0) is 13.0 Å². The van der Waals surface area contributed by atoms with E-state index < -0.39 is 0 Å². The molecule has 3 rings (SSSR count). The lowest BCUT2D eigenvalue weighted by atomic mass is 9.99. The molecule has 2 aromatic heterocycles. The molecule has 2 amide bonds. The van der Waals surface area contributed by atoms with Crippen LogP contribution in [0.2, 0.25) is 0 Å². The standard InChI is InChI=1S/C13H16N4OS/c18-13(16-11-3-6-19-9-11)15-7-10-1-2-12-14-4-5-17(12)8-10/h3-6,9-10H,1-2,7-8H2,(H2,15,16,18). The van der Waals surface area contributed by atoms with Crippen molar-refractivity contribution >= 4 is 23.1 Å². The highest BCUT2D eigenvalue weighted by molar-refractivity contribution is 7.08. The van der Waals surface area contributed by atoms with Gasteiger partial charge in [0.2, 0.25) is 0 Å². The number of hydrogen-bond donors (Lipinski definition) is 2. The molecule has 1 aliphatic heterocycles. The van der Waals surface area contributed by atoms with E-state index in [2.05, 4.69) is 20.2 Å². The molecule has 0 radical (unpaired) electrons. The highest BCUT2D eigenvalue weighted by atomic mass is 32.1. The second kappa shape index (κ2) is 5.44. The predicted octanol–water partition coefficient (Wildman–Crippen LogP) is 2.33. The first kappa shape index (κ1) is 12.2. The molecule has 0 saturated carbocycles. The van der Waals surface area contributed by atoms with Gasteiger partial charge in [-0.2, -0.15) is 11.3 Å². The Hall–Kier alpha value is -1.82. The van der Waals surface area contributed by atoms with Crippen molar-refractivity contribution in [3.8, 4) is 0 Å². The third kappa shape index (κ3) is 2.96. The molecule has 0 spiro atoms. The molecule has 100 valence electrons. The van der Waals surface area contributed by atoms with Gasteiger partial charge in [0.15, 0.2) is 0 Å². The van der Waals surface area contributed by atoms with Crippen molar-refractivity contribution < 1.29 is 4.79 Å². The number of imidazole rings is 1. The molecular formula is C13H16N4OS. The van der Waals surface area contributed by atoms with Crippen LogP contribution in [0.15, 0.2) is 29.2 Å². The predicted molar refractivity (Wildman–Crippen MR) is 75.4 cm³/mol. The lowest BCUT2D eigenvalue weighted by molar-refractivity contribution is 0.247. The number of carbonyl (C=O) groups excluding carboxylic acids is 1. The van der Waals surface area contributed by atoms with E-state index in [-0.39, 0.29) is 6.03 Å². The van der Waals surface area contributed by atoms with Crippen molar-refractivity contribution in [3.05, 3.63) is 35.0 Å². The van der Waals surface area contributed by atoms with Crippen molar-refractivity contribution in [2.75, 3.05) is 11.9 Å². The molecule has 2 N–H and O–H groups in total. The summed E-state index contributed by atoms with van der Waals surface area (Å²) in [5.41, 5.74) is 0.850. The van der Waals surface area contributed by atoms with Crippen molar-refractivity contribution in [2.45, 2.75) is 19.4 Å². The largest absolute Gasteiger partial charge is 0.338 e. The zero-order valence-electron chi connectivity index (χ0n) is 10.5. The Balaban J connectivity index is 1.47. The molecule has 0 saturated heterocycles. The molecule has 6 heteroatoms. The van der Waals surface area contributed by atoms with E-state index in [1.165, 1.54) is 0 Å². The number of thiophene rings is 1. The van der Waals surface area contributed by atoms with Gasteiger partial charge in [-0.3, -0.25) is 0 Å². The summed E-state index contributed by atoms with van der Waals surface area (Å²) in [6.45, 7) is 1.64. The second-order valence-corrected chi connectivity index (χ2v) is 5.53. The van der Waals surface area contributed by atoms with Gasteiger partial charge >= 0.3 is 6.03 Å². The maximum atomic E-state index is 11.7. The number of nitrogens with zero attached hydrogens (tertiary/aromatic N) is 2. The van der Waals surface area contributed by atoms with Gasteiger partial charge in [0.05, 0.1) is 5.69 Å². The molecule has 0 fully saturated rings. The van der Waals surface area contributed by atoms with E-state index in [9.17, 15) is 4.79 Å². The Kier molecular flexibility index (Phi) is 3.50. The van der Waals surface area contributed by atoms with Gasteiger partial charge in [-0.25, -0.2) is 9.78 Å². The van der Waals surface area contributed by atoms with Gasteiger partial charge in [-0.05, 0) is 23.8 Å². The number of amides is 2. The summed E-state index contributed by atoms with van der Waals surface area (Å²) in [6, 6.07) is 1.76. The fraction of sp³-hybridized carbons (Fsp3) is 0.385. The van der Waals surface area contributed by atoms with Crippen LogP contribution in [0, 0.1) is 5.92 Å². The molecule has 1 aliphatic rings. The molecule has 1 atom stereocenters. The Bertz CT molecular complexity index is 549. The Morgan fingerprint density at radius 2 is 2.53 bits per heavy atom. The molecule has 19 heavy (non-hydrogen) atoms. The summed E-state index contributed by atoms with van der Waals surface area (Å²) in [7, 11) is 0. The highest BCUT2D eigenvalue weighted by Gasteiger charge is 2.19. The second-order valence-electron chi connectivity index (χ2n) is 4.75. The minimum absolute atomic E-state index is 0.130. The van der Waals surface area contributed by atoms with Gasteiger partial charge in [-0.15, -0.1) is 0 Å². The third-order valence-electron chi connectivity index (χ3n) is 3.36. The van der Waals surface area contributed by atoms with Gasteiger partial charge in [0.1, 0.15) is 5.82 Å². The highest BCUT2D eigenvalue weighted by Crippen LogP contribution is 2.18. The van der Waals surface area contributed by atoms with Crippen LogP contribution in [0.4, 0.5) is 10.5 Å². The van der Waals surface area contributed by atoms with Crippen LogP contribution < -0.4 is 10.6 Å². The van der Waals surface area contributed by atoms with Crippen LogP contribution in [0.3, 0.4) is 0 Å². The molecule has 5 nitrogen and oxygen atoms in total. The molecular weight excluding hydrogens is 260 g/mol. The quantitative estimate of drug-likeness (QED) is 0.904. The first-order valence-electron chi connectivity index (χ1n) is 6.38. The van der Waals surface area contributed by atoms with E-state index in [1.807, 2.05) is 29.2 Å². The first-order chi connectivity index (χ1) is 9.31. The summed E-state index contributed by atoms with van der Waals surface area (Å²) >= 11 is 1.57. The fourth-order valence-corrected chi connectivity index (χ4v) is 2.94. The number of nitrogens with one attached hydrogen (secondary N) is 2. The van der Waals surface area contributed by atoms with Gasteiger partial charge in [-0.1, -0.05) is 0 Å². The summed E-state index contributed by atoms with van der Waals surface area (Å²) in [5, 5.41) is 9.61. The summed E-state index contributed by atoms with van der Waals surface area (Å²) in [5.74, 6) is 1.63. The van der Waals surface area contributed by atoms with Gasteiger partial charge < -0.3 is 15.2 Å². The molecule has 1 unspecified atom stereocenters. The maximum Gasteiger partial charge on any atom is 0.319 e. The zero-order valence-corrected chi connectivity index (χ0v) is 11.3. The SMILES string of the molecule is O=C(NCC1CCc2nccn2C1)Nc1ccsc1. The fourth-order valence-electron chi connectivity index (χ4n) is 2.35. The van der Waals surface area contributed by atoms with E-state index in [4.69, 9.17) is 0 Å². The number of hydrogen-bond acceptors (Lipinski definition) is 3. The first-order valence-corrected chi connectivity index (χ1v) is 7.32. The van der Waals surface area contributed by atoms with E-state index in [0.29, 0.717) is 12.5 Å². The van der Waals surface area contributed by atoms with Gasteiger partial charge in [0, 0.05) is 37.3 Å². The minimum Gasteiger partial charge on any atom is -0.338 e. The molecule has 2 aromatic rings. The summed E-state index contributed by atoms with van der Waals surface area (Å²) in [4.78, 5) is 16.0. The maximum absolute atomic E-state index is 11.7. The monoisotopic (exact) mass is 276 g/mol. The Morgan fingerprint density at radius 1 is 1.58 bits per heavy atom. The van der Waals surface area contributed by atoms with Crippen LogP contribution in [-0.4, -0.2) is 22.1 Å². The van der Waals surface area contributed by atoms with Crippen molar-refractivity contribution in [2.24, 2.45) is 5.92 Å². The zero-order chi connectivity index (χ0) is 13.1. The average Bonchev–Trinajstić information content (AvgIpc) is 3.06. The van der Waals surface area contributed by atoms with Gasteiger partial charge in [0.25, 0.3) is 0 Å². The van der Waals surface area contributed by atoms with Crippen LogP contribution in [0.1, 0.15) is 12.2 Å². The van der Waals surface area contributed by atoms with Crippen molar-refractivity contribution in [3.63, 3.8) is 0 Å². The van der Waals surface area contributed by atoms with Crippen LogP contribution in [0.5, 0.6) is 0 Å². The number of anilines is 1. The summed E-state index contributed by atoms with van der Waals surface area (Å²) < 4.78 is 2.17. The van der Waals surface area contributed by atoms with E-state index in [1.54, 1.807) is 11.3 Å². The topological polar surface area (TPSA) is 59.0 Å². The smallest absolute Gasteiger partial charge is 0.319 e. The molecule has 0 aliphatic carbocycles. The average molecular weight is 276 g/mol. The number of aryl methyl sites for hydroxylation is 1. The third-order valence-corrected chi connectivity index (χ3v) is 4.05. The number of fused-ring (bicyclic) bond motifs is 1.